The molecule has 3 aromatic carbocycles. The normalized spacial score (nSPS) is 15.1. The van der Waals surface area contributed by atoms with Crippen molar-refractivity contribution in [3.63, 3.8) is 0 Å². The van der Waals surface area contributed by atoms with Crippen molar-refractivity contribution in [1.82, 2.24) is 4.90 Å². The van der Waals surface area contributed by atoms with Crippen LogP contribution in [0.3, 0.4) is 0 Å². The quantitative estimate of drug-likeness (QED) is 0.295. The highest BCUT2D eigenvalue weighted by Gasteiger charge is 2.42. The molecule has 0 radical (unpaired) electrons. The summed E-state index contributed by atoms with van der Waals surface area (Å²) in [5.41, 5.74) is 2.56. The zero-order valence-corrected chi connectivity index (χ0v) is 20.4. The van der Waals surface area contributed by atoms with Gasteiger partial charge in [0.05, 0.1) is 23.6 Å². The van der Waals surface area contributed by atoms with Gasteiger partial charge in [-0.05, 0) is 54.3 Å². The van der Waals surface area contributed by atoms with E-state index in [1.54, 1.807) is 23.1 Å². The number of benzene rings is 3. The van der Waals surface area contributed by atoms with Crippen LogP contribution in [0.4, 0.5) is 0 Å². The molecule has 1 atom stereocenters. The van der Waals surface area contributed by atoms with Gasteiger partial charge < -0.3 is 14.1 Å². The molecular weight excluding hydrogens is 494 g/mol. The van der Waals surface area contributed by atoms with E-state index in [4.69, 9.17) is 9.15 Å². The zero-order chi connectivity index (χ0) is 23.7. The van der Waals surface area contributed by atoms with Crippen molar-refractivity contribution in [3.8, 4) is 5.75 Å². The predicted molar refractivity (Wildman–Crippen MR) is 135 cm³/mol. The molecule has 0 aliphatic carbocycles. The third kappa shape index (κ3) is 4.14. The highest BCUT2D eigenvalue weighted by molar-refractivity contribution is 9.10. The summed E-state index contributed by atoms with van der Waals surface area (Å²) < 4.78 is 12.7. The van der Waals surface area contributed by atoms with Gasteiger partial charge in [-0.3, -0.25) is 9.59 Å². The first kappa shape index (κ1) is 22.4. The smallest absolute Gasteiger partial charge is 0.290 e. The van der Waals surface area contributed by atoms with E-state index in [2.05, 4.69) is 22.9 Å². The van der Waals surface area contributed by atoms with Gasteiger partial charge in [0.25, 0.3) is 5.91 Å². The van der Waals surface area contributed by atoms with E-state index in [1.165, 1.54) is 0 Å². The minimum Gasteiger partial charge on any atom is -0.494 e. The van der Waals surface area contributed by atoms with Crippen molar-refractivity contribution < 1.29 is 13.9 Å². The van der Waals surface area contributed by atoms with Gasteiger partial charge in [-0.1, -0.05) is 65.3 Å². The molecule has 0 N–H and O–H groups in total. The SMILES string of the molecule is CCCOc1cccc(C2c3c(oc4ccc(Br)cc4c3=O)C(=O)N2CCc2ccccc2)c1. The predicted octanol–water partition coefficient (Wildman–Crippen LogP) is 6.13. The summed E-state index contributed by atoms with van der Waals surface area (Å²) in [6.45, 7) is 3.11. The monoisotopic (exact) mass is 517 g/mol. The Morgan fingerprint density at radius 2 is 1.82 bits per heavy atom. The summed E-state index contributed by atoms with van der Waals surface area (Å²) in [5.74, 6) is 0.576. The minimum atomic E-state index is -0.545. The molecule has 172 valence electrons. The van der Waals surface area contributed by atoms with Crippen LogP contribution in [-0.2, 0) is 6.42 Å². The Morgan fingerprint density at radius 1 is 1.00 bits per heavy atom. The fraction of sp³-hybridized carbons (Fsp3) is 0.214. The molecule has 5 nitrogen and oxygen atoms in total. The van der Waals surface area contributed by atoms with Crippen LogP contribution in [0.1, 0.15) is 46.6 Å². The van der Waals surface area contributed by atoms with Crippen LogP contribution in [0, 0.1) is 0 Å². The summed E-state index contributed by atoms with van der Waals surface area (Å²) >= 11 is 3.44. The van der Waals surface area contributed by atoms with E-state index in [1.807, 2.05) is 54.6 Å². The van der Waals surface area contributed by atoms with Crippen molar-refractivity contribution in [3.05, 3.63) is 110 Å². The van der Waals surface area contributed by atoms with Gasteiger partial charge >= 0.3 is 0 Å². The van der Waals surface area contributed by atoms with Crippen LogP contribution in [0.25, 0.3) is 11.0 Å². The maximum Gasteiger partial charge on any atom is 0.290 e. The van der Waals surface area contributed by atoms with E-state index in [0.29, 0.717) is 36.1 Å². The van der Waals surface area contributed by atoms with Gasteiger partial charge in [0.2, 0.25) is 5.76 Å². The molecule has 4 aromatic rings. The number of amides is 1. The lowest BCUT2D eigenvalue weighted by Gasteiger charge is -2.25. The Morgan fingerprint density at radius 3 is 2.62 bits per heavy atom. The number of ether oxygens (including phenoxy) is 1. The third-order valence-corrected chi connectivity index (χ3v) is 6.55. The number of halogens is 1. The van der Waals surface area contributed by atoms with Crippen LogP contribution < -0.4 is 10.2 Å². The minimum absolute atomic E-state index is 0.123. The van der Waals surface area contributed by atoms with Crippen molar-refractivity contribution in [1.29, 1.82) is 0 Å². The molecule has 1 aliphatic rings. The molecule has 0 spiro atoms. The Balaban J connectivity index is 1.63. The molecule has 0 fully saturated rings. The first-order valence-corrected chi connectivity index (χ1v) is 12.2. The number of carbonyl (C=O) groups excluding carboxylic acids is 1. The van der Waals surface area contributed by atoms with Crippen LogP contribution in [0.15, 0.2) is 86.5 Å². The zero-order valence-electron chi connectivity index (χ0n) is 18.8. The molecule has 1 unspecified atom stereocenters. The molecule has 1 aliphatic heterocycles. The fourth-order valence-corrected chi connectivity index (χ4v) is 4.82. The third-order valence-electron chi connectivity index (χ3n) is 6.06. The number of hydrogen-bond acceptors (Lipinski definition) is 4. The van der Waals surface area contributed by atoms with Crippen LogP contribution >= 0.6 is 15.9 Å². The summed E-state index contributed by atoms with van der Waals surface area (Å²) in [6.07, 6.45) is 1.56. The molecule has 1 aromatic heterocycles. The Bertz CT molecular complexity index is 1410. The summed E-state index contributed by atoms with van der Waals surface area (Å²) in [7, 11) is 0. The lowest BCUT2D eigenvalue weighted by atomic mass is 9.98. The Kier molecular flexibility index (Phi) is 6.24. The summed E-state index contributed by atoms with van der Waals surface area (Å²) in [4.78, 5) is 29.0. The molecule has 0 saturated heterocycles. The lowest BCUT2D eigenvalue weighted by molar-refractivity contribution is 0.0730. The number of carbonyl (C=O) groups is 1. The average Bonchev–Trinajstić information content (AvgIpc) is 3.14. The van der Waals surface area contributed by atoms with Crippen molar-refractivity contribution in [2.24, 2.45) is 0 Å². The number of rotatable bonds is 7. The average molecular weight is 518 g/mol. The first-order chi connectivity index (χ1) is 16.6. The van der Waals surface area contributed by atoms with Gasteiger partial charge in [0.1, 0.15) is 11.3 Å². The van der Waals surface area contributed by atoms with Crippen molar-refractivity contribution >= 4 is 32.8 Å². The summed E-state index contributed by atoms with van der Waals surface area (Å²) in [6, 6.07) is 22.4. The molecule has 5 rings (SSSR count). The Hall–Kier alpha value is -3.38. The fourth-order valence-electron chi connectivity index (χ4n) is 4.46. The van der Waals surface area contributed by atoms with Gasteiger partial charge in [-0.2, -0.15) is 0 Å². The van der Waals surface area contributed by atoms with E-state index >= 15 is 0 Å². The van der Waals surface area contributed by atoms with Gasteiger partial charge in [-0.25, -0.2) is 0 Å². The second-order valence-corrected chi connectivity index (χ2v) is 9.29. The second kappa shape index (κ2) is 9.47. The molecule has 0 bridgehead atoms. The van der Waals surface area contributed by atoms with Crippen molar-refractivity contribution in [2.45, 2.75) is 25.8 Å². The molecule has 34 heavy (non-hydrogen) atoms. The summed E-state index contributed by atoms with van der Waals surface area (Å²) in [5, 5.41) is 0.453. The van der Waals surface area contributed by atoms with E-state index in [0.717, 1.165) is 27.8 Å². The first-order valence-electron chi connectivity index (χ1n) is 11.4. The highest BCUT2D eigenvalue weighted by atomic mass is 79.9. The van der Waals surface area contributed by atoms with Gasteiger partial charge in [0, 0.05) is 11.0 Å². The van der Waals surface area contributed by atoms with Gasteiger partial charge in [-0.15, -0.1) is 0 Å². The maximum atomic E-state index is 13.7. The van der Waals surface area contributed by atoms with Crippen molar-refractivity contribution in [2.75, 3.05) is 13.2 Å². The molecular formula is C28H24BrNO4. The highest BCUT2D eigenvalue weighted by Crippen LogP contribution is 2.39. The number of fused-ring (bicyclic) bond motifs is 2. The Labute approximate surface area is 206 Å². The molecule has 1 amide bonds. The number of hydrogen-bond donors (Lipinski definition) is 0. The molecule has 6 heteroatoms. The van der Waals surface area contributed by atoms with Gasteiger partial charge in [0.15, 0.2) is 5.43 Å². The topological polar surface area (TPSA) is 59.8 Å². The van der Waals surface area contributed by atoms with E-state index in [-0.39, 0.29) is 17.1 Å². The van der Waals surface area contributed by atoms with Crippen LogP contribution in [-0.4, -0.2) is 24.0 Å². The molecule has 0 saturated carbocycles. The maximum absolute atomic E-state index is 13.7. The largest absolute Gasteiger partial charge is 0.494 e. The van der Waals surface area contributed by atoms with E-state index in [9.17, 15) is 9.59 Å². The second-order valence-electron chi connectivity index (χ2n) is 8.37. The lowest BCUT2D eigenvalue weighted by Crippen LogP contribution is -2.31. The molecule has 2 heterocycles. The van der Waals surface area contributed by atoms with Crippen LogP contribution in [0.5, 0.6) is 5.75 Å². The standard InChI is InChI=1S/C28H24BrNO4/c1-2-15-33-21-10-6-9-19(16-21)25-24-26(31)22-17-20(29)11-12-23(22)34-27(24)28(32)30(25)14-13-18-7-4-3-5-8-18/h3-12,16-17,25H,2,13-15H2,1H3. The number of nitrogens with zero attached hydrogens (tertiary/aromatic N) is 1. The van der Waals surface area contributed by atoms with Crippen LogP contribution in [0.2, 0.25) is 0 Å². The van der Waals surface area contributed by atoms with E-state index < -0.39 is 6.04 Å².